The number of carbonyl (C=O) groups is 1. The third-order valence-electron chi connectivity index (χ3n) is 5.11. The van der Waals surface area contributed by atoms with Gasteiger partial charge in [0, 0.05) is 17.0 Å². The van der Waals surface area contributed by atoms with Gasteiger partial charge in [0.1, 0.15) is 6.04 Å². The van der Waals surface area contributed by atoms with E-state index in [0.29, 0.717) is 12.0 Å². The molecule has 0 radical (unpaired) electrons. The van der Waals surface area contributed by atoms with Crippen LogP contribution in [0.25, 0.3) is 0 Å². The minimum atomic E-state index is -0.641. The molecule has 1 saturated heterocycles. The molecule has 0 amide bonds. The Morgan fingerprint density at radius 2 is 2.15 bits per heavy atom. The summed E-state index contributed by atoms with van der Waals surface area (Å²) in [4.78, 5) is 15.3. The maximum atomic E-state index is 11.7. The van der Waals surface area contributed by atoms with Crippen LogP contribution in [0.5, 0.6) is 0 Å². The van der Waals surface area contributed by atoms with Gasteiger partial charge in [-0.05, 0) is 50.0 Å². The quantitative estimate of drug-likeness (QED) is 0.918. The van der Waals surface area contributed by atoms with Crippen molar-refractivity contribution in [1.29, 1.82) is 0 Å². The van der Waals surface area contributed by atoms with Crippen molar-refractivity contribution in [2.75, 3.05) is 0 Å². The Balaban J connectivity index is 1.89. The summed E-state index contributed by atoms with van der Waals surface area (Å²) in [5, 5.41) is 11.7. The van der Waals surface area contributed by atoms with Crippen molar-refractivity contribution in [2.45, 2.75) is 63.6 Å². The second kappa shape index (κ2) is 5.86. The largest absolute Gasteiger partial charge is 0.480 e. The van der Waals surface area contributed by atoms with Crippen molar-refractivity contribution in [3.63, 3.8) is 0 Å². The molecule has 0 spiro atoms. The average molecular weight is 293 g/mol. The summed E-state index contributed by atoms with van der Waals surface area (Å²) in [6.07, 6.45) is 6.93. The summed E-state index contributed by atoms with van der Waals surface area (Å²) >= 11 is 1.74. The first-order valence-electron chi connectivity index (χ1n) is 7.72. The number of aliphatic carboxylic acids is 1. The molecule has 2 heterocycles. The van der Waals surface area contributed by atoms with Crippen LogP contribution in [0, 0.1) is 5.92 Å². The van der Waals surface area contributed by atoms with E-state index in [9.17, 15) is 9.90 Å². The van der Waals surface area contributed by atoms with Crippen LogP contribution < -0.4 is 0 Å². The monoisotopic (exact) mass is 293 g/mol. The summed E-state index contributed by atoms with van der Waals surface area (Å²) in [5.41, 5.74) is 0. The first-order valence-corrected chi connectivity index (χ1v) is 8.60. The minimum Gasteiger partial charge on any atom is -0.480 e. The summed E-state index contributed by atoms with van der Waals surface area (Å²) in [6, 6.07) is 4.60. The maximum absolute atomic E-state index is 11.7. The van der Waals surface area contributed by atoms with E-state index < -0.39 is 5.97 Å². The molecule has 110 valence electrons. The van der Waals surface area contributed by atoms with Gasteiger partial charge in [-0.3, -0.25) is 9.69 Å². The van der Waals surface area contributed by atoms with Gasteiger partial charge in [0.05, 0.1) is 0 Å². The highest BCUT2D eigenvalue weighted by molar-refractivity contribution is 7.10. The zero-order chi connectivity index (χ0) is 14.1. The summed E-state index contributed by atoms with van der Waals surface area (Å²) in [6.45, 7) is 2.18. The average Bonchev–Trinajstić information content (AvgIpc) is 2.99. The van der Waals surface area contributed by atoms with Gasteiger partial charge in [0.2, 0.25) is 0 Å². The van der Waals surface area contributed by atoms with E-state index in [4.69, 9.17) is 0 Å². The lowest BCUT2D eigenvalue weighted by Gasteiger charge is -2.49. The molecule has 1 aliphatic carbocycles. The van der Waals surface area contributed by atoms with Crippen molar-refractivity contribution < 1.29 is 9.90 Å². The lowest BCUT2D eigenvalue weighted by Crippen LogP contribution is -2.55. The molecule has 0 aromatic carbocycles. The summed E-state index contributed by atoms with van der Waals surface area (Å²) < 4.78 is 0. The maximum Gasteiger partial charge on any atom is 0.320 e. The third kappa shape index (κ3) is 2.51. The molecule has 1 aromatic rings. The topological polar surface area (TPSA) is 40.5 Å². The molecular formula is C16H23NO2S. The molecule has 1 saturated carbocycles. The second-order valence-corrected chi connectivity index (χ2v) is 7.16. The molecule has 3 rings (SSSR count). The number of hydrogen-bond acceptors (Lipinski definition) is 3. The van der Waals surface area contributed by atoms with E-state index in [1.165, 1.54) is 30.6 Å². The first kappa shape index (κ1) is 14.1. The zero-order valence-electron chi connectivity index (χ0n) is 12.0. The van der Waals surface area contributed by atoms with Gasteiger partial charge in [-0.1, -0.05) is 18.9 Å². The summed E-state index contributed by atoms with van der Waals surface area (Å²) in [7, 11) is 0. The van der Waals surface area contributed by atoms with Crippen LogP contribution in [-0.4, -0.2) is 28.1 Å². The molecule has 2 aliphatic rings. The number of hydrogen-bond donors (Lipinski definition) is 1. The number of nitrogens with zero attached hydrogens (tertiary/aromatic N) is 1. The minimum absolute atomic E-state index is 0.224. The van der Waals surface area contributed by atoms with Crippen LogP contribution in [0.2, 0.25) is 0 Å². The Morgan fingerprint density at radius 3 is 2.85 bits per heavy atom. The van der Waals surface area contributed by atoms with Gasteiger partial charge in [-0.15, -0.1) is 11.3 Å². The van der Waals surface area contributed by atoms with Gasteiger partial charge in [0.25, 0.3) is 0 Å². The van der Waals surface area contributed by atoms with Crippen molar-refractivity contribution in [2.24, 2.45) is 5.92 Å². The Morgan fingerprint density at radius 1 is 1.35 bits per heavy atom. The molecule has 4 atom stereocenters. The number of thiophene rings is 1. The highest BCUT2D eigenvalue weighted by atomic mass is 32.1. The highest BCUT2D eigenvalue weighted by Crippen LogP contribution is 2.42. The fraction of sp³-hybridized carbons (Fsp3) is 0.688. The van der Waals surface area contributed by atoms with Crippen molar-refractivity contribution in [1.82, 2.24) is 4.90 Å². The summed E-state index contributed by atoms with van der Waals surface area (Å²) in [5.74, 6) is 0.0687. The number of carboxylic acid groups (broad SMARTS) is 1. The molecule has 20 heavy (non-hydrogen) atoms. The van der Waals surface area contributed by atoms with E-state index in [-0.39, 0.29) is 12.1 Å². The molecule has 1 aliphatic heterocycles. The molecular weight excluding hydrogens is 270 g/mol. The molecule has 1 N–H and O–H groups in total. The highest BCUT2D eigenvalue weighted by Gasteiger charge is 2.43. The van der Waals surface area contributed by atoms with Crippen LogP contribution in [0.4, 0.5) is 0 Å². The predicted molar refractivity (Wildman–Crippen MR) is 81.0 cm³/mol. The zero-order valence-corrected chi connectivity index (χ0v) is 12.8. The van der Waals surface area contributed by atoms with Crippen LogP contribution in [0.1, 0.15) is 56.4 Å². The SMILES string of the molecule is CC(c1cccs1)N1C(C(=O)O)CCC2CCCCC21. The van der Waals surface area contributed by atoms with E-state index in [1.807, 2.05) is 0 Å². The van der Waals surface area contributed by atoms with E-state index in [0.717, 1.165) is 12.8 Å². The van der Waals surface area contributed by atoms with E-state index in [2.05, 4.69) is 29.3 Å². The van der Waals surface area contributed by atoms with Crippen molar-refractivity contribution in [3.8, 4) is 0 Å². The molecule has 0 bridgehead atoms. The Hall–Kier alpha value is -0.870. The van der Waals surface area contributed by atoms with Crippen LogP contribution in [0.15, 0.2) is 17.5 Å². The lowest BCUT2D eigenvalue weighted by molar-refractivity contribution is -0.150. The standard InChI is InChI=1S/C16H23NO2S/c1-11(15-7-4-10-20-15)17-13-6-3-2-5-12(13)8-9-14(17)16(18)19/h4,7,10-14H,2-3,5-6,8-9H2,1H3,(H,18,19). The normalized spacial score (nSPS) is 32.5. The van der Waals surface area contributed by atoms with Crippen LogP contribution in [-0.2, 0) is 4.79 Å². The number of piperidine rings is 1. The van der Waals surface area contributed by atoms with Gasteiger partial charge in [-0.2, -0.15) is 0 Å². The Bertz CT molecular complexity index is 459. The number of fused-ring (bicyclic) bond motifs is 1. The molecule has 1 aromatic heterocycles. The van der Waals surface area contributed by atoms with Crippen LogP contribution >= 0.6 is 11.3 Å². The third-order valence-corrected chi connectivity index (χ3v) is 6.15. The molecule has 3 nitrogen and oxygen atoms in total. The first-order chi connectivity index (χ1) is 9.68. The number of rotatable bonds is 3. The number of likely N-dealkylation sites (tertiary alicyclic amines) is 1. The Kier molecular flexibility index (Phi) is 4.13. The van der Waals surface area contributed by atoms with Crippen LogP contribution in [0.3, 0.4) is 0 Å². The number of carboxylic acids is 1. The van der Waals surface area contributed by atoms with Crippen molar-refractivity contribution >= 4 is 17.3 Å². The van der Waals surface area contributed by atoms with Crippen molar-refractivity contribution in [3.05, 3.63) is 22.4 Å². The van der Waals surface area contributed by atoms with Gasteiger partial charge in [-0.25, -0.2) is 0 Å². The molecule has 4 unspecified atom stereocenters. The van der Waals surface area contributed by atoms with Gasteiger partial charge >= 0.3 is 5.97 Å². The molecule has 4 heteroatoms. The van der Waals surface area contributed by atoms with Gasteiger partial charge in [0.15, 0.2) is 0 Å². The van der Waals surface area contributed by atoms with E-state index in [1.54, 1.807) is 11.3 Å². The lowest BCUT2D eigenvalue weighted by atomic mass is 9.75. The van der Waals surface area contributed by atoms with Gasteiger partial charge < -0.3 is 5.11 Å². The second-order valence-electron chi connectivity index (χ2n) is 6.18. The Labute approximate surface area is 124 Å². The molecule has 2 fully saturated rings. The fourth-order valence-electron chi connectivity index (χ4n) is 4.15. The fourth-order valence-corrected chi connectivity index (χ4v) is 4.94. The predicted octanol–water partition coefficient (Wildman–Crippen LogP) is 3.92. The van der Waals surface area contributed by atoms with E-state index >= 15 is 0 Å². The smallest absolute Gasteiger partial charge is 0.320 e.